The lowest BCUT2D eigenvalue weighted by Gasteiger charge is -2.35. The van der Waals surface area contributed by atoms with Gasteiger partial charge in [-0.1, -0.05) is 17.7 Å². The van der Waals surface area contributed by atoms with Crippen molar-refractivity contribution in [2.45, 2.75) is 31.7 Å². The Bertz CT molecular complexity index is 1100. The number of likely N-dealkylation sites (tertiary alicyclic amines) is 1. The summed E-state index contributed by atoms with van der Waals surface area (Å²) in [6, 6.07) is 10.3. The van der Waals surface area contributed by atoms with Crippen molar-refractivity contribution in [3.63, 3.8) is 0 Å². The number of rotatable bonds is 7. The predicted molar refractivity (Wildman–Crippen MR) is 128 cm³/mol. The Morgan fingerprint density at radius 2 is 1.91 bits per heavy atom. The van der Waals surface area contributed by atoms with Gasteiger partial charge in [-0.25, -0.2) is 4.79 Å². The Morgan fingerprint density at radius 3 is 2.71 bits per heavy atom. The number of ether oxygens (including phenoxy) is 4. The largest absolute Gasteiger partial charge is 0.493 e. The van der Waals surface area contributed by atoms with Crippen LogP contribution in [0.5, 0.6) is 17.2 Å². The van der Waals surface area contributed by atoms with E-state index in [1.54, 1.807) is 43.4 Å². The first-order chi connectivity index (χ1) is 16.5. The fourth-order valence-corrected chi connectivity index (χ4v) is 4.46. The summed E-state index contributed by atoms with van der Waals surface area (Å²) in [5.74, 6) is 1.37. The third kappa shape index (κ3) is 5.30. The van der Waals surface area contributed by atoms with Gasteiger partial charge in [0.15, 0.2) is 11.5 Å². The first kappa shape index (κ1) is 24.0. The Morgan fingerprint density at radius 1 is 1.09 bits per heavy atom. The number of esters is 1. The topological polar surface area (TPSA) is 74.3 Å². The van der Waals surface area contributed by atoms with Crippen LogP contribution in [-0.4, -0.2) is 56.8 Å². The Hall–Kier alpha value is -3.19. The fourth-order valence-electron chi connectivity index (χ4n) is 4.28. The van der Waals surface area contributed by atoms with Gasteiger partial charge in [0.05, 0.1) is 26.4 Å². The molecule has 2 heterocycles. The van der Waals surface area contributed by atoms with Crippen molar-refractivity contribution >= 4 is 29.6 Å². The van der Waals surface area contributed by atoms with Crippen LogP contribution in [-0.2, 0) is 20.7 Å². The smallest absolute Gasteiger partial charge is 0.328 e. The van der Waals surface area contributed by atoms with Gasteiger partial charge in [-0.15, -0.1) is 0 Å². The summed E-state index contributed by atoms with van der Waals surface area (Å²) >= 11 is 6.09. The highest BCUT2D eigenvalue weighted by molar-refractivity contribution is 6.30. The molecule has 0 spiro atoms. The van der Waals surface area contributed by atoms with Crippen LogP contribution in [0.25, 0.3) is 6.08 Å². The van der Waals surface area contributed by atoms with Gasteiger partial charge in [-0.3, -0.25) is 4.79 Å². The molecule has 1 fully saturated rings. The molecule has 8 heteroatoms. The molecule has 4 rings (SSSR count). The van der Waals surface area contributed by atoms with E-state index in [-0.39, 0.29) is 25.1 Å². The van der Waals surface area contributed by atoms with Gasteiger partial charge < -0.3 is 23.8 Å². The second kappa shape index (κ2) is 10.8. The molecule has 34 heavy (non-hydrogen) atoms. The average molecular weight is 486 g/mol. The third-order valence-corrected chi connectivity index (χ3v) is 6.31. The number of halogens is 1. The molecular weight excluding hydrogens is 458 g/mol. The Labute approximate surface area is 204 Å². The number of amides is 1. The van der Waals surface area contributed by atoms with Crippen LogP contribution in [0, 0.1) is 0 Å². The van der Waals surface area contributed by atoms with Crippen molar-refractivity contribution < 1.29 is 28.5 Å². The molecule has 0 aromatic heterocycles. The molecule has 2 aromatic carbocycles. The summed E-state index contributed by atoms with van der Waals surface area (Å²) in [7, 11) is 3.16. The molecule has 1 atom stereocenters. The minimum atomic E-state index is -0.603. The summed E-state index contributed by atoms with van der Waals surface area (Å²) in [6.45, 7) is 0.879. The highest BCUT2D eigenvalue weighted by atomic mass is 35.5. The molecule has 2 aliphatic rings. The lowest BCUT2D eigenvalue weighted by Crippen LogP contribution is -2.49. The van der Waals surface area contributed by atoms with Gasteiger partial charge in [-0.05, 0) is 61.2 Å². The normalized spacial score (nSPS) is 17.2. The maximum atomic E-state index is 13.3. The fraction of sp³-hybridized carbons (Fsp3) is 0.385. The van der Waals surface area contributed by atoms with Crippen LogP contribution in [0.4, 0.5) is 0 Å². The second-order valence-corrected chi connectivity index (χ2v) is 8.69. The van der Waals surface area contributed by atoms with Crippen LogP contribution in [0.3, 0.4) is 0 Å². The standard InChI is InChI=1S/C26H28ClNO6/c1-31-23-8-6-17(13-24(23)32-2)10-12-33-26(30)21-5-3-4-11-28(21)25(29)19-14-18-15-20(27)7-9-22(18)34-16-19/h6-9,13-15,21H,3-5,10-12,16H2,1-2H3. The molecule has 1 saturated heterocycles. The van der Waals surface area contributed by atoms with E-state index >= 15 is 0 Å². The molecule has 0 aliphatic carbocycles. The molecule has 2 aliphatic heterocycles. The number of hydrogen-bond acceptors (Lipinski definition) is 6. The van der Waals surface area contributed by atoms with E-state index in [0.29, 0.717) is 47.2 Å². The average Bonchev–Trinajstić information content (AvgIpc) is 2.87. The second-order valence-electron chi connectivity index (χ2n) is 8.26. The van der Waals surface area contributed by atoms with E-state index in [2.05, 4.69) is 0 Å². The summed E-state index contributed by atoms with van der Waals surface area (Å²) in [6.07, 6.45) is 4.62. The summed E-state index contributed by atoms with van der Waals surface area (Å²) < 4.78 is 21.9. The van der Waals surface area contributed by atoms with Crippen molar-refractivity contribution in [2.75, 3.05) is 34.0 Å². The van der Waals surface area contributed by atoms with Gasteiger partial charge in [0.2, 0.25) is 0 Å². The number of hydrogen-bond donors (Lipinski definition) is 0. The van der Waals surface area contributed by atoms with Gasteiger partial charge in [-0.2, -0.15) is 0 Å². The van der Waals surface area contributed by atoms with Crippen LogP contribution >= 0.6 is 11.6 Å². The quantitative estimate of drug-likeness (QED) is 0.544. The molecule has 180 valence electrons. The van der Waals surface area contributed by atoms with E-state index in [1.165, 1.54) is 0 Å². The number of fused-ring (bicyclic) bond motifs is 1. The SMILES string of the molecule is COc1ccc(CCOC(=O)C2CCCCN2C(=O)C2=Cc3cc(Cl)ccc3OC2)cc1OC. The molecule has 0 radical (unpaired) electrons. The number of nitrogens with zero attached hydrogens (tertiary/aromatic N) is 1. The lowest BCUT2D eigenvalue weighted by molar-refractivity contribution is -0.155. The van der Waals surface area contributed by atoms with Crippen LogP contribution in [0.1, 0.15) is 30.4 Å². The number of carbonyl (C=O) groups is 2. The zero-order chi connectivity index (χ0) is 24.1. The van der Waals surface area contributed by atoms with Crippen LogP contribution < -0.4 is 14.2 Å². The van der Waals surface area contributed by atoms with Gasteiger partial charge in [0, 0.05) is 23.6 Å². The van der Waals surface area contributed by atoms with Crippen molar-refractivity contribution in [1.29, 1.82) is 0 Å². The molecule has 0 N–H and O–H groups in total. The summed E-state index contributed by atoms with van der Waals surface area (Å²) in [5, 5.41) is 0.571. The van der Waals surface area contributed by atoms with Gasteiger partial charge >= 0.3 is 5.97 Å². The molecule has 7 nitrogen and oxygen atoms in total. The van der Waals surface area contributed by atoms with Crippen LogP contribution in [0.15, 0.2) is 42.0 Å². The van der Waals surface area contributed by atoms with Gasteiger partial charge in [0.1, 0.15) is 18.4 Å². The molecule has 1 amide bonds. The van der Waals surface area contributed by atoms with E-state index < -0.39 is 6.04 Å². The maximum Gasteiger partial charge on any atom is 0.328 e. The lowest BCUT2D eigenvalue weighted by atomic mass is 9.99. The highest BCUT2D eigenvalue weighted by Crippen LogP contribution is 2.31. The van der Waals surface area contributed by atoms with E-state index in [1.807, 2.05) is 18.2 Å². The third-order valence-electron chi connectivity index (χ3n) is 6.08. The first-order valence-electron chi connectivity index (χ1n) is 11.3. The van der Waals surface area contributed by atoms with Gasteiger partial charge in [0.25, 0.3) is 5.91 Å². The van der Waals surface area contributed by atoms with E-state index in [9.17, 15) is 9.59 Å². The summed E-state index contributed by atoms with van der Waals surface area (Å²) in [5.41, 5.74) is 2.22. The molecule has 1 unspecified atom stereocenters. The van der Waals surface area contributed by atoms with Crippen molar-refractivity contribution in [3.8, 4) is 17.2 Å². The van der Waals surface area contributed by atoms with Crippen molar-refractivity contribution in [3.05, 3.63) is 58.1 Å². The minimum Gasteiger partial charge on any atom is -0.493 e. The Kier molecular flexibility index (Phi) is 7.63. The minimum absolute atomic E-state index is 0.158. The zero-order valence-corrected chi connectivity index (χ0v) is 20.1. The van der Waals surface area contributed by atoms with Crippen LogP contribution in [0.2, 0.25) is 5.02 Å². The monoisotopic (exact) mass is 485 g/mol. The van der Waals surface area contributed by atoms with E-state index in [0.717, 1.165) is 24.0 Å². The number of methoxy groups -OCH3 is 2. The molecule has 2 aromatic rings. The van der Waals surface area contributed by atoms with Crippen molar-refractivity contribution in [1.82, 2.24) is 4.90 Å². The summed E-state index contributed by atoms with van der Waals surface area (Å²) in [4.78, 5) is 27.8. The van der Waals surface area contributed by atoms with E-state index in [4.69, 9.17) is 30.5 Å². The molecular formula is C26H28ClNO6. The Balaban J connectivity index is 1.40. The number of piperidine rings is 1. The maximum absolute atomic E-state index is 13.3. The number of carbonyl (C=O) groups excluding carboxylic acids is 2. The zero-order valence-electron chi connectivity index (χ0n) is 19.3. The van der Waals surface area contributed by atoms with Crippen molar-refractivity contribution in [2.24, 2.45) is 0 Å². The molecule has 0 bridgehead atoms. The molecule has 0 saturated carbocycles. The first-order valence-corrected chi connectivity index (χ1v) is 11.7. The highest BCUT2D eigenvalue weighted by Gasteiger charge is 2.35. The predicted octanol–water partition coefficient (Wildman–Crippen LogP) is 4.30. The number of benzene rings is 2.